The highest BCUT2D eigenvalue weighted by atomic mass is 32.2. The number of nitrogens with one attached hydrogen (secondary N) is 2. The third-order valence-electron chi connectivity index (χ3n) is 6.54. The lowest BCUT2D eigenvalue weighted by Crippen LogP contribution is -2.40. The van der Waals surface area contributed by atoms with E-state index < -0.39 is 36.2 Å². The van der Waals surface area contributed by atoms with E-state index in [2.05, 4.69) is 15.7 Å². The van der Waals surface area contributed by atoms with Crippen LogP contribution in [0.1, 0.15) is 42.6 Å². The van der Waals surface area contributed by atoms with Gasteiger partial charge in [-0.3, -0.25) is 9.48 Å². The molecule has 16 heteroatoms. The number of hydrogen-bond acceptors (Lipinski definition) is 8. The smallest absolute Gasteiger partial charge is 0.365 e. The SMILES string of the molecule is C[C@H]1CC(NCCS(=O)(=O)N(C)C)CC[C@@H]1n1cc(C(N)=O)c(Nc2ccc(S(=O)(=O)C(F)(F)F)cc2)n1. The first-order chi connectivity index (χ1) is 17.5. The number of anilines is 2. The van der Waals surface area contributed by atoms with Crippen LogP contribution in [0.25, 0.3) is 0 Å². The zero-order valence-electron chi connectivity index (χ0n) is 21.1. The molecular formula is C22H31F3N6O5S2. The van der Waals surface area contributed by atoms with Gasteiger partial charge in [0.2, 0.25) is 10.0 Å². The Hall–Kier alpha value is -2.69. The number of sulfonamides is 1. The minimum atomic E-state index is -5.48. The van der Waals surface area contributed by atoms with Gasteiger partial charge in [-0.1, -0.05) is 6.92 Å². The number of rotatable bonds is 10. The average molecular weight is 581 g/mol. The molecule has 11 nitrogen and oxygen atoms in total. The van der Waals surface area contributed by atoms with Crippen molar-refractivity contribution in [2.24, 2.45) is 11.7 Å². The number of nitrogens with zero attached hydrogens (tertiary/aromatic N) is 3. The molecule has 0 bridgehead atoms. The summed E-state index contributed by atoms with van der Waals surface area (Å²) in [6.07, 6.45) is 3.70. The van der Waals surface area contributed by atoms with Crippen molar-refractivity contribution in [2.75, 3.05) is 31.7 Å². The third-order valence-corrected chi connectivity index (χ3v) is 9.88. The summed E-state index contributed by atoms with van der Waals surface area (Å²) in [6, 6.07) is 3.94. The zero-order chi connectivity index (χ0) is 28.5. The van der Waals surface area contributed by atoms with E-state index >= 15 is 0 Å². The molecule has 1 aliphatic carbocycles. The molecule has 3 rings (SSSR count). The van der Waals surface area contributed by atoms with E-state index in [9.17, 15) is 34.8 Å². The topological polar surface area (TPSA) is 156 Å². The number of nitrogens with two attached hydrogens (primary N) is 1. The minimum absolute atomic E-state index is 0.00637. The molecule has 0 aliphatic heterocycles. The Morgan fingerprint density at radius 1 is 1.16 bits per heavy atom. The lowest BCUT2D eigenvalue weighted by atomic mass is 9.83. The quantitative estimate of drug-likeness (QED) is 0.386. The van der Waals surface area contributed by atoms with Crippen LogP contribution < -0.4 is 16.4 Å². The molecule has 1 aromatic heterocycles. The molecular weight excluding hydrogens is 549 g/mol. The Kier molecular flexibility index (Phi) is 8.80. The molecule has 2 aromatic rings. The van der Waals surface area contributed by atoms with E-state index in [4.69, 9.17) is 5.73 Å². The van der Waals surface area contributed by atoms with Crippen LogP contribution in [0.5, 0.6) is 0 Å². The summed E-state index contributed by atoms with van der Waals surface area (Å²) >= 11 is 0. The molecule has 38 heavy (non-hydrogen) atoms. The molecule has 0 spiro atoms. The normalized spacial score (nSPS) is 21.0. The van der Waals surface area contributed by atoms with E-state index in [0.717, 1.165) is 37.1 Å². The van der Waals surface area contributed by atoms with Crippen LogP contribution in [0.3, 0.4) is 0 Å². The van der Waals surface area contributed by atoms with Crippen molar-refractivity contribution in [3.05, 3.63) is 36.0 Å². The fourth-order valence-corrected chi connectivity index (χ4v) is 5.86. The van der Waals surface area contributed by atoms with E-state index in [1.165, 1.54) is 24.6 Å². The lowest BCUT2D eigenvalue weighted by Gasteiger charge is -2.34. The van der Waals surface area contributed by atoms with Crippen molar-refractivity contribution in [3.63, 3.8) is 0 Å². The van der Waals surface area contributed by atoms with Crippen LogP contribution in [-0.4, -0.2) is 74.8 Å². The molecule has 1 aliphatic rings. The van der Waals surface area contributed by atoms with Gasteiger partial charge in [-0.05, 0) is 49.4 Å². The van der Waals surface area contributed by atoms with Crippen molar-refractivity contribution >= 4 is 37.3 Å². The Balaban J connectivity index is 1.70. The lowest BCUT2D eigenvalue weighted by molar-refractivity contribution is -0.0436. The Morgan fingerprint density at radius 2 is 1.79 bits per heavy atom. The van der Waals surface area contributed by atoms with Crippen LogP contribution in [-0.2, 0) is 19.9 Å². The first-order valence-corrected chi connectivity index (χ1v) is 14.8. The first-order valence-electron chi connectivity index (χ1n) is 11.7. The van der Waals surface area contributed by atoms with Crippen LogP contribution in [0.4, 0.5) is 24.7 Å². The van der Waals surface area contributed by atoms with Gasteiger partial charge in [0, 0.05) is 38.6 Å². The molecule has 1 saturated carbocycles. The van der Waals surface area contributed by atoms with E-state index in [0.29, 0.717) is 13.0 Å². The van der Waals surface area contributed by atoms with Crippen LogP contribution in [0, 0.1) is 5.92 Å². The van der Waals surface area contributed by atoms with Gasteiger partial charge >= 0.3 is 5.51 Å². The third kappa shape index (κ3) is 6.65. The van der Waals surface area contributed by atoms with Gasteiger partial charge in [0.05, 0.1) is 16.7 Å². The number of alkyl halides is 3. The highest BCUT2D eigenvalue weighted by Crippen LogP contribution is 2.35. The van der Waals surface area contributed by atoms with Crippen LogP contribution >= 0.6 is 0 Å². The Labute approximate surface area is 219 Å². The summed E-state index contributed by atoms with van der Waals surface area (Å²) in [4.78, 5) is 11.1. The molecule has 1 fully saturated rings. The van der Waals surface area contributed by atoms with Crippen molar-refractivity contribution in [3.8, 4) is 0 Å². The minimum Gasteiger partial charge on any atom is -0.365 e. The summed E-state index contributed by atoms with van der Waals surface area (Å²) in [5.41, 5.74) is 0.370. The number of carbonyl (C=O) groups excluding carboxylic acids is 1. The van der Waals surface area contributed by atoms with Gasteiger partial charge in [0.15, 0.2) is 5.82 Å². The summed E-state index contributed by atoms with van der Waals surface area (Å²) in [5, 5.41) is 10.6. The number of benzene rings is 1. The number of halogens is 3. The van der Waals surface area contributed by atoms with Crippen molar-refractivity contribution in [1.82, 2.24) is 19.4 Å². The fourth-order valence-electron chi connectivity index (χ4n) is 4.36. The molecule has 1 aromatic carbocycles. The number of amides is 1. The highest BCUT2D eigenvalue weighted by Gasteiger charge is 2.46. The number of primary amides is 1. The van der Waals surface area contributed by atoms with Gasteiger partial charge in [-0.2, -0.15) is 18.3 Å². The number of sulfone groups is 1. The van der Waals surface area contributed by atoms with Crippen molar-refractivity contribution in [2.45, 2.75) is 48.7 Å². The second-order valence-corrected chi connectivity index (χ2v) is 13.7. The van der Waals surface area contributed by atoms with Crippen LogP contribution in [0.15, 0.2) is 35.4 Å². The average Bonchev–Trinajstić information content (AvgIpc) is 3.22. The fraction of sp³-hybridized carbons (Fsp3) is 0.545. The van der Waals surface area contributed by atoms with Crippen LogP contribution in [0.2, 0.25) is 0 Å². The van der Waals surface area contributed by atoms with Crippen molar-refractivity contribution < 1.29 is 34.8 Å². The van der Waals surface area contributed by atoms with Crippen molar-refractivity contribution in [1.29, 1.82) is 0 Å². The maximum atomic E-state index is 12.8. The molecule has 0 radical (unpaired) electrons. The summed E-state index contributed by atoms with van der Waals surface area (Å²) in [6.45, 7) is 2.35. The second kappa shape index (κ2) is 11.2. The first kappa shape index (κ1) is 29.9. The Bertz CT molecular complexity index is 1360. The molecule has 0 saturated heterocycles. The van der Waals surface area contributed by atoms with E-state index in [-0.39, 0.29) is 40.8 Å². The number of hydrogen-bond donors (Lipinski definition) is 3. The zero-order valence-corrected chi connectivity index (χ0v) is 22.7. The Morgan fingerprint density at radius 3 is 2.32 bits per heavy atom. The van der Waals surface area contributed by atoms with Gasteiger partial charge in [0.25, 0.3) is 15.7 Å². The van der Waals surface area contributed by atoms with E-state index in [1.807, 2.05) is 6.92 Å². The maximum absolute atomic E-state index is 12.8. The standard InChI is InChI=1S/C22H31F3N6O5S2/c1-14-12-16(27-10-11-37(33,34)30(2)3)6-9-19(14)31-13-18(20(26)32)21(29-31)28-15-4-7-17(8-5-15)38(35,36)22(23,24)25/h4-5,7-8,13-14,16,19,27H,6,9-12H2,1-3H3,(H2,26,32)(H,28,29)/t14-,16?,19-/m0/s1. The van der Waals surface area contributed by atoms with E-state index in [1.54, 1.807) is 4.68 Å². The number of aromatic nitrogens is 2. The monoisotopic (exact) mass is 580 g/mol. The molecule has 212 valence electrons. The second-order valence-electron chi connectivity index (χ2n) is 9.44. The molecule has 1 amide bonds. The molecule has 1 unspecified atom stereocenters. The number of carbonyl (C=O) groups is 1. The molecule has 3 atom stereocenters. The van der Waals surface area contributed by atoms with Gasteiger partial charge in [-0.25, -0.2) is 21.1 Å². The molecule has 1 heterocycles. The predicted molar refractivity (Wildman–Crippen MR) is 135 cm³/mol. The summed E-state index contributed by atoms with van der Waals surface area (Å²) in [5.74, 6) is -0.564. The highest BCUT2D eigenvalue weighted by molar-refractivity contribution is 7.92. The van der Waals surface area contributed by atoms with Gasteiger partial charge in [0.1, 0.15) is 5.56 Å². The summed E-state index contributed by atoms with van der Waals surface area (Å²) in [7, 11) is -5.80. The van der Waals surface area contributed by atoms with Gasteiger partial charge in [-0.15, -0.1) is 0 Å². The summed E-state index contributed by atoms with van der Waals surface area (Å²) < 4.78 is 88.2. The predicted octanol–water partition coefficient (Wildman–Crippen LogP) is 2.23. The van der Waals surface area contributed by atoms with Gasteiger partial charge < -0.3 is 16.4 Å². The molecule has 4 N–H and O–H groups in total. The largest absolute Gasteiger partial charge is 0.501 e. The maximum Gasteiger partial charge on any atom is 0.501 e.